The lowest BCUT2D eigenvalue weighted by Crippen LogP contribution is -1.76. The lowest BCUT2D eigenvalue weighted by molar-refractivity contribution is 0.646. The largest absolute Gasteiger partial charge is 0.239 e. The van der Waals surface area contributed by atoms with Gasteiger partial charge in [-0.25, -0.2) is 4.39 Å². The zero-order chi connectivity index (χ0) is 8.39. The summed E-state index contributed by atoms with van der Waals surface area (Å²) >= 11 is 0. The molecule has 2 aromatic rings. The van der Waals surface area contributed by atoms with Crippen molar-refractivity contribution < 1.29 is 4.39 Å². The van der Waals surface area contributed by atoms with E-state index in [0.29, 0.717) is 12.2 Å². The molecule has 0 nitrogen and oxygen atoms in total. The summed E-state index contributed by atoms with van der Waals surface area (Å²) in [5.74, 6) is 0. The summed E-state index contributed by atoms with van der Waals surface area (Å²) in [6.07, 6.45) is 0. The number of hydrogen-bond donors (Lipinski definition) is 0. The Labute approximate surface area is 70.6 Å². The summed E-state index contributed by atoms with van der Waals surface area (Å²) in [6.45, 7) is 0.617. The predicted molar refractivity (Wildman–Crippen MR) is 48.5 cm³/mol. The number of fused-ring (bicyclic) bond motifs is 1. The van der Waals surface area contributed by atoms with Crippen LogP contribution in [-0.4, -0.2) is 0 Å². The second kappa shape index (κ2) is 2.94. The van der Waals surface area contributed by atoms with Crippen molar-refractivity contribution in [3.05, 3.63) is 54.7 Å². The van der Waals surface area contributed by atoms with Crippen LogP contribution in [0, 0.1) is 6.67 Å². The summed E-state index contributed by atoms with van der Waals surface area (Å²) in [7, 11) is 0. The average Bonchev–Trinajstić information content (AvgIpc) is 2.17. The molecule has 0 aliphatic heterocycles. The summed E-state index contributed by atoms with van der Waals surface area (Å²) in [6, 6.07) is 13.4. The molecule has 0 spiro atoms. The van der Waals surface area contributed by atoms with Gasteiger partial charge in [-0.05, 0) is 22.4 Å². The molecule has 0 saturated carbocycles. The van der Waals surface area contributed by atoms with E-state index in [1.54, 1.807) is 6.07 Å². The quantitative estimate of drug-likeness (QED) is 0.598. The minimum atomic E-state index is 0.617. The Morgan fingerprint density at radius 1 is 0.917 bits per heavy atom. The van der Waals surface area contributed by atoms with Crippen LogP contribution in [0.2, 0.25) is 0 Å². The van der Waals surface area contributed by atoms with Crippen molar-refractivity contribution in [2.45, 2.75) is 0 Å². The van der Waals surface area contributed by atoms with Crippen molar-refractivity contribution in [2.24, 2.45) is 0 Å². The van der Waals surface area contributed by atoms with Crippen LogP contribution >= 0.6 is 0 Å². The second-order valence-electron chi connectivity index (χ2n) is 2.72. The van der Waals surface area contributed by atoms with Crippen LogP contribution in [-0.2, 0) is 0 Å². The van der Waals surface area contributed by atoms with Crippen molar-refractivity contribution in [3.63, 3.8) is 0 Å². The average molecular weight is 159 g/mol. The molecule has 1 radical (unpaired) electrons. The third-order valence-corrected chi connectivity index (χ3v) is 1.90. The van der Waals surface area contributed by atoms with Crippen molar-refractivity contribution in [1.82, 2.24) is 0 Å². The highest BCUT2D eigenvalue weighted by Crippen LogP contribution is 2.16. The molecule has 1 heteroatoms. The molecule has 0 fully saturated rings. The lowest BCUT2D eigenvalue weighted by atomic mass is 10.1. The van der Waals surface area contributed by atoms with E-state index in [4.69, 9.17) is 0 Å². The van der Waals surface area contributed by atoms with Crippen LogP contribution in [0.5, 0.6) is 0 Å². The Balaban J connectivity index is 2.67. The molecular formula is C11H8F. The van der Waals surface area contributed by atoms with Gasteiger partial charge in [-0.3, -0.25) is 0 Å². The van der Waals surface area contributed by atoms with Crippen molar-refractivity contribution >= 4 is 10.8 Å². The minimum Gasteiger partial charge on any atom is -0.239 e. The molecule has 0 saturated heterocycles. The first-order valence-corrected chi connectivity index (χ1v) is 3.82. The Kier molecular flexibility index (Phi) is 1.78. The van der Waals surface area contributed by atoms with Gasteiger partial charge in [0.1, 0.15) is 0 Å². The molecule has 12 heavy (non-hydrogen) atoms. The maximum Gasteiger partial charge on any atom is 0.160 e. The van der Waals surface area contributed by atoms with Gasteiger partial charge in [0.05, 0.1) is 0 Å². The SMILES string of the molecule is F[CH]c1ccc2ccccc2c1. The fourth-order valence-corrected chi connectivity index (χ4v) is 1.28. The summed E-state index contributed by atoms with van der Waals surface area (Å²) in [5, 5.41) is 2.21. The molecule has 0 atom stereocenters. The fourth-order valence-electron chi connectivity index (χ4n) is 1.28. The fraction of sp³-hybridized carbons (Fsp3) is 0. The highest BCUT2D eigenvalue weighted by atomic mass is 19.1. The van der Waals surface area contributed by atoms with E-state index in [1.165, 1.54) is 0 Å². The molecule has 0 bridgehead atoms. The molecule has 0 aliphatic rings. The van der Waals surface area contributed by atoms with E-state index >= 15 is 0 Å². The van der Waals surface area contributed by atoms with Crippen LogP contribution < -0.4 is 0 Å². The van der Waals surface area contributed by atoms with Gasteiger partial charge in [0.25, 0.3) is 0 Å². The van der Waals surface area contributed by atoms with Gasteiger partial charge >= 0.3 is 0 Å². The Morgan fingerprint density at radius 3 is 2.42 bits per heavy atom. The molecule has 2 aromatic carbocycles. The molecule has 0 N–H and O–H groups in total. The van der Waals surface area contributed by atoms with Gasteiger partial charge in [-0.15, -0.1) is 0 Å². The number of hydrogen-bond acceptors (Lipinski definition) is 0. The molecule has 0 aliphatic carbocycles. The van der Waals surface area contributed by atoms with E-state index in [2.05, 4.69) is 0 Å². The zero-order valence-corrected chi connectivity index (χ0v) is 6.50. The molecule has 0 aromatic heterocycles. The van der Waals surface area contributed by atoms with Crippen molar-refractivity contribution in [2.75, 3.05) is 0 Å². The highest BCUT2D eigenvalue weighted by Gasteiger charge is 1.94. The standard InChI is InChI=1S/C11H8F/c12-8-9-5-6-10-3-1-2-4-11(10)7-9/h1-8H. The summed E-state index contributed by atoms with van der Waals surface area (Å²) in [5.41, 5.74) is 0.619. The number of halogens is 1. The smallest absolute Gasteiger partial charge is 0.160 e. The molecule has 0 unspecified atom stereocenters. The molecule has 59 valence electrons. The zero-order valence-electron chi connectivity index (χ0n) is 6.50. The van der Waals surface area contributed by atoms with Gasteiger partial charge in [0, 0.05) is 0 Å². The van der Waals surface area contributed by atoms with Gasteiger partial charge in [-0.2, -0.15) is 0 Å². The van der Waals surface area contributed by atoms with Crippen LogP contribution in [0.3, 0.4) is 0 Å². The van der Waals surface area contributed by atoms with Crippen LogP contribution in [0.25, 0.3) is 10.8 Å². The Morgan fingerprint density at radius 2 is 1.67 bits per heavy atom. The van der Waals surface area contributed by atoms with E-state index < -0.39 is 0 Å². The van der Waals surface area contributed by atoms with Crippen LogP contribution in [0.15, 0.2) is 42.5 Å². The van der Waals surface area contributed by atoms with Crippen LogP contribution in [0.4, 0.5) is 4.39 Å². The molecule has 0 amide bonds. The maximum atomic E-state index is 12.1. The first kappa shape index (κ1) is 7.29. The highest BCUT2D eigenvalue weighted by molar-refractivity contribution is 5.83. The van der Waals surface area contributed by atoms with E-state index in [0.717, 1.165) is 10.8 Å². The summed E-state index contributed by atoms with van der Waals surface area (Å²) in [4.78, 5) is 0. The normalized spacial score (nSPS) is 10.4. The molecule has 2 rings (SSSR count). The first-order valence-electron chi connectivity index (χ1n) is 3.82. The predicted octanol–water partition coefficient (Wildman–Crippen LogP) is 3.32. The molecular weight excluding hydrogens is 151 g/mol. The van der Waals surface area contributed by atoms with Gasteiger partial charge < -0.3 is 0 Å². The van der Waals surface area contributed by atoms with Gasteiger partial charge in [0.2, 0.25) is 0 Å². The Bertz CT molecular complexity index is 393. The Hall–Kier alpha value is -1.37. The summed E-state index contributed by atoms with van der Waals surface area (Å²) < 4.78 is 12.1. The third-order valence-electron chi connectivity index (χ3n) is 1.90. The topological polar surface area (TPSA) is 0 Å². The van der Waals surface area contributed by atoms with E-state index in [1.807, 2.05) is 36.4 Å². The third kappa shape index (κ3) is 1.18. The first-order chi connectivity index (χ1) is 5.90. The van der Waals surface area contributed by atoms with E-state index in [9.17, 15) is 4.39 Å². The maximum absolute atomic E-state index is 12.1. The monoisotopic (exact) mass is 159 g/mol. The number of rotatable bonds is 1. The lowest BCUT2D eigenvalue weighted by Gasteiger charge is -1.97. The molecule has 0 heterocycles. The number of benzene rings is 2. The second-order valence-corrected chi connectivity index (χ2v) is 2.72. The van der Waals surface area contributed by atoms with Gasteiger partial charge in [0.15, 0.2) is 6.67 Å². The van der Waals surface area contributed by atoms with E-state index in [-0.39, 0.29) is 0 Å². The van der Waals surface area contributed by atoms with Crippen molar-refractivity contribution in [3.8, 4) is 0 Å². The van der Waals surface area contributed by atoms with Gasteiger partial charge in [-0.1, -0.05) is 36.4 Å². The van der Waals surface area contributed by atoms with Crippen LogP contribution in [0.1, 0.15) is 5.56 Å². The van der Waals surface area contributed by atoms with Crippen molar-refractivity contribution in [1.29, 1.82) is 0 Å². The minimum absolute atomic E-state index is 0.617.